The Labute approximate surface area is 70.4 Å². The van der Waals surface area contributed by atoms with Crippen LogP contribution in [0.15, 0.2) is 0 Å². The molecule has 2 atom stereocenters. The summed E-state index contributed by atoms with van der Waals surface area (Å²) in [6.45, 7) is 0. The molecule has 2 nitrogen and oxygen atoms in total. The van der Waals surface area contributed by atoms with E-state index < -0.39 is 0 Å². The van der Waals surface area contributed by atoms with Gasteiger partial charge in [0.15, 0.2) is 0 Å². The van der Waals surface area contributed by atoms with E-state index in [-0.39, 0.29) is 17.9 Å². The van der Waals surface area contributed by atoms with Crippen LogP contribution in [0.25, 0.3) is 0 Å². The van der Waals surface area contributed by atoms with E-state index in [1.54, 1.807) is 0 Å². The first-order valence-electron chi connectivity index (χ1n) is 4.05. The highest BCUT2D eigenvalue weighted by Gasteiger charge is 2.38. The second kappa shape index (κ2) is 2.79. The van der Waals surface area contributed by atoms with E-state index in [1.165, 1.54) is 0 Å². The number of hydrogen-bond acceptors (Lipinski definition) is 3. The first-order chi connectivity index (χ1) is 5.27. The van der Waals surface area contributed by atoms with Crippen molar-refractivity contribution in [2.24, 2.45) is 11.8 Å². The lowest BCUT2D eigenvalue weighted by Gasteiger charge is -2.37. The molecule has 0 aromatic heterocycles. The Kier molecular flexibility index (Phi) is 1.93. The van der Waals surface area contributed by atoms with Crippen molar-refractivity contribution in [3.8, 4) is 0 Å². The number of Topliss-reactive ketones (excluding diaryl/α,β-unsaturated/α-hetero) is 1. The van der Waals surface area contributed by atoms with Crippen molar-refractivity contribution in [3.05, 3.63) is 0 Å². The van der Waals surface area contributed by atoms with Crippen LogP contribution in [0, 0.1) is 11.8 Å². The fraction of sp³-hybridized carbons (Fsp3) is 0.875. The van der Waals surface area contributed by atoms with Crippen molar-refractivity contribution in [2.75, 3.05) is 11.5 Å². The van der Waals surface area contributed by atoms with E-state index in [2.05, 4.69) is 0 Å². The minimum Gasteiger partial charge on any atom is -0.392 e. The molecule has 2 rings (SSSR count). The van der Waals surface area contributed by atoms with Gasteiger partial charge in [0.1, 0.15) is 5.78 Å². The summed E-state index contributed by atoms with van der Waals surface area (Å²) in [5, 5.41) is 9.64. The van der Waals surface area contributed by atoms with Gasteiger partial charge in [-0.3, -0.25) is 4.79 Å². The van der Waals surface area contributed by atoms with Gasteiger partial charge >= 0.3 is 0 Å². The Morgan fingerprint density at radius 3 is 2.36 bits per heavy atom. The molecule has 3 heteroatoms. The van der Waals surface area contributed by atoms with Crippen LogP contribution in [0.4, 0.5) is 0 Å². The Morgan fingerprint density at radius 1 is 1.27 bits per heavy atom. The highest BCUT2D eigenvalue weighted by Crippen LogP contribution is 2.36. The highest BCUT2D eigenvalue weighted by molar-refractivity contribution is 7.99. The van der Waals surface area contributed by atoms with Crippen LogP contribution in [0.5, 0.6) is 0 Å². The van der Waals surface area contributed by atoms with E-state index >= 15 is 0 Å². The van der Waals surface area contributed by atoms with Gasteiger partial charge in [-0.2, -0.15) is 11.8 Å². The lowest BCUT2D eigenvalue weighted by molar-refractivity contribution is -0.126. The zero-order valence-corrected chi connectivity index (χ0v) is 7.14. The Hall–Kier alpha value is -0.0200. The van der Waals surface area contributed by atoms with Gasteiger partial charge in [0.25, 0.3) is 0 Å². The molecule has 0 amide bonds. The van der Waals surface area contributed by atoms with Crippen molar-refractivity contribution >= 4 is 17.5 Å². The number of hydrogen-bond donors (Lipinski definition) is 1. The monoisotopic (exact) mass is 172 g/mol. The lowest BCUT2D eigenvalue weighted by Crippen LogP contribution is -2.43. The molecule has 62 valence electrons. The third-order valence-electron chi connectivity index (χ3n) is 2.61. The van der Waals surface area contributed by atoms with E-state index in [4.69, 9.17) is 0 Å². The summed E-state index contributed by atoms with van der Waals surface area (Å²) < 4.78 is 0. The molecular formula is C8H12O2S. The van der Waals surface area contributed by atoms with Gasteiger partial charge < -0.3 is 5.11 Å². The van der Waals surface area contributed by atoms with Gasteiger partial charge in [0.05, 0.1) is 6.10 Å². The van der Waals surface area contributed by atoms with Crippen molar-refractivity contribution in [1.29, 1.82) is 0 Å². The zero-order chi connectivity index (χ0) is 7.84. The maximum atomic E-state index is 11.1. The molecule has 0 aromatic carbocycles. The molecule has 2 bridgehead atoms. The number of thioether (sulfide) groups is 1. The Balaban J connectivity index is 2.12. The first kappa shape index (κ1) is 7.62. The van der Waals surface area contributed by atoms with Crippen LogP contribution in [0.2, 0.25) is 0 Å². The molecule has 1 saturated carbocycles. The maximum Gasteiger partial charge on any atom is 0.133 e. The van der Waals surface area contributed by atoms with Gasteiger partial charge in [0, 0.05) is 24.7 Å². The quantitative estimate of drug-likeness (QED) is 0.584. The lowest BCUT2D eigenvalue weighted by atomic mass is 9.79. The maximum absolute atomic E-state index is 11.1. The smallest absolute Gasteiger partial charge is 0.133 e. The normalized spacial score (nSPS) is 44.1. The number of carbonyl (C=O) groups is 1. The summed E-state index contributed by atoms with van der Waals surface area (Å²) in [6.07, 6.45) is 1.05. The topological polar surface area (TPSA) is 37.3 Å². The fourth-order valence-corrected chi connectivity index (χ4v) is 3.35. The molecule has 2 unspecified atom stereocenters. The van der Waals surface area contributed by atoms with Crippen LogP contribution in [-0.4, -0.2) is 28.5 Å². The molecular weight excluding hydrogens is 160 g/mol. The summed E-state index contributed by atoms with van der Waals surface area (Å²) in [7, 11) is 0. The van der Waals surface area contributed by atoms with Crippen molar-refractivity contribution < 1.29 is 9.90 Å². The van der Waals surface area contributed by atoms with Crippen molar-refractivity contribution in [3.63, 3.8) is 0 Å². The molecule has 0 aromatic rings. The molecule has 0 radical (unpaired) electrons. The van der Waals surface area contributed by atoms with Crippen LogP contribution in [-0.2, 0) is 4.79 Å². The molecule has 0 spiro atoms. The molecule has 1 heterocycles. The number of aliphatic hydroxyl groups excluding tert-OH is 1. The Bertz CT molecular complexity index is 165. The third-order valence-corrected chi connectivity index (χ3v) is 3.94. The second-order valence-electron chi connectivity index (χ2n) is 3.50. The van der Waals surface area contributed by atoms with Crippen LogP contribution < -0.4 is 0 Å². The summed E-state index contributed by atoms with van der Waals surface area (Å²) >= 11 is 1.88. The number of fused-ring (bicyclic) bond motifs is 2. The van der Waals surface area contributed by atoms with Gasteiger partial charge in [-0.05, 0) is 11.5 Å². The van der Waals surface area contributed by atoms with E-state index in [0.717, 1.165) is 11.5 Å². The molecule has 1 N–H and O–H groups in total. The predicted octanol–water partition coefficient (Wildman–Crippen LogP) is 0.689. The SMILES string of the molecule is O=C1CC2CSCC(C1)C2O. The van der Waals surface area contributed by atoms with Crippen LogP contribution in [0.3, 0.4) is 0 Å². The predicted molar refractivity (Wildman–Crippen MR) is 44.6 cm³/mol. The second-order valence-corrected chi connectivity index (χ2v) is 4.57. The molecule has 2 aliphatic rings. The van der Waals surface area contributed by atoms with Crippen LogP contribution in [0.1, 0.15) is 12.8 Å². The van der Waals surface area contributed by atoms with E-state index in [0.29, 0.717) is 18.6 Å². The zero-order valence-electron chi connectivity index (χ0n) is 6.32. The minimum absolute atomic E-state index is 0.186. The summed E-state index contributed by atoms with van der Waals surface area (Å²) in [6, 6.07) is 0. The molecule has 1 saturated heterocycles. The highest BCUT2D eigenvalue weighted by atomic mass is 32.2. The molecule has 2 fully saturated rings. The fourth-order valence-electron chi connectivity index (χ4n) is 1.98. The molecule has 11 heavy (non-hydrogen) atoms. The molecule has 1 aliphatic carbocycles. The standard InChI is InChI=1S/C8H12O2S/c9-7-1-5-3-11-4-6(2-7)8(5)10/h5-6,8,10H,1-4H2. The number of carbonyl (C=O) groups excluding carboxylic acids is 1. The van der Waals surface area contributed by atoms with Gasteiger partial charge in [-0.15, -0.1) is 0 Å². The summed E-state index contributed by atoms with van der Waals surface area (Å²) in [5.41, 5.74) is 0. The van der Waals surface area contributed by atoms with Crippen molar-refractivity contribution in [2.45, 2.75) is 18.9 Å². The van der Waals surface area contributed by atoms with Crippen LogP contribution >= 0.6 is 11.8 Å². The average molecular weight is 172 g/mol. The third kappa shape index (κ3) is 1.32. The average Bonchev–Trinajstić information content (AvgIpc) is 1.92. The van der Waals surface area contributed by atoms with Crippen molar-refractivity contribution in [1.82, 2.24) is 0 Å². The van der Waals surface area contributed by atoms with Gasteiger partial charge in [-0.1, -0.05) is 0 Å². The number of rotatable bonds is 0. The summed E-state index contributed by atoms with van der Waals surface area (Å²) in [5.74, 6) is 2.83. The van der Waals surface area contributed by atoms with Gasteiger partial charge in [0.2, 0.25) is 0 Å². The first-order valence-corrected chi connectivity index (χ1v) is 5.20. The summed E-state index contributed by atoms with van der Waals surface area (Å²) in [4.78, 5) is 11.1. The number of ketones is 1. The number of aliphatic hydroxyl groups is 1. The largest absolute Gasteiger partial charge is 0.392 e. The van der Waals surface area contributed by atoms with E-state index in [9.17, 15) is 9.90 Å². The van der Waals surface area contributed by atoms with E-state index in [1.807, 2.05) is 11.8 Å². The molecule has 1 aliphatic heterocycles. The Morgan fingerprint density at radius 2 is 1.82 bits per heavy atom. The van der Waals surface area contributed by atoms with Gasteiger partial charge in [-0.25, -0.2) is 0 Å². The minimum atomic E-state index is -0.186.